The molecule has 1 fully saturated rings. The lowest BCUT2D eigenvalue weighted by Gasteiger charge is -2.25. The van der Waals surface area contributed by atoms with E-state index >= 15 is 0 Å². The van der Waals surface area contributed by atoms with Gasteiger partial charge in [-0.25, -0.2) is 0 Å². The van der Waals surface area contributed by atoms with E-state index in [4.69, 9.17) is 10.5 Å². The zero-order valence-electron chi connectivity index (χ0n) is 15.4. The maximum Gasteiger partial charge on any atom is 0.254 e. The Morgan fingerprint density at radius 3 is 2.56 bits per heavy atom. The number of hydrogen-bond donors (Lipinski definition) is 2. The number of amides is 2. The number of nitrogens with two attached hydrogens (primary N) is 1. The molecule has 0 radical (unpaired) electrons. The second-order valence-electron chi connectivity index (χ2n) is 6.70. The highest BCUT2D eigenvalue weighted by atomic mass is 16.5. The van der Waals surface area contributed by atoms with Gasteiger partial charge in [-0.05, 0) is 42.7 Å². The number of carbonyl (C=O) groups is 2. The predicted octanol–water partition coefficient (Wildman–Crippen LogP) is 2.58. The summed E-state index contributed by atoms with van der Waals surface area (Å²) in [4.78, 5) is 26.8. The molecule has 1 heterocycles. The number of nitrogens with zero attached hydrogens (tertiary/aromatic N) is 1. The molecule has 2 aromatic carbocycles. The van der Waals surface area contributed by atoms with Crippen LogP contribution >= 0.6 is 0 Å². The summed E-state index contributed by atoms with van der Waals surface area (Å²) in [5, 5.41) is 2.73. The molecule has 1 saturated heterocycles. The minimum atomic E-state index is -0.729. The first-order chi connectivity index (χ1) is 13.1. The third-order valence-electron chi connectivity index (χ3n) is 4.78. The molecule has 2 unspecified atom stereocenters. The fraction of sp³-hybridized carbons (Fsp3) is 0.333. The molecule has 3 rings (SSSR count). The van der Waals surface area contributed by atoms with Gasteiger partial charge in [0.05, 0.1) is 12.6 Å². The number of ether oxygens (including phenoxy) is 1. The lowest BCUT2D eigenvalue weighted by atomic mass is 10.0. The van der Waals surface area contributed by atoms with Crippen LogP contribution in [0, 0.1) is 0 Å². The van der Waals surface area contributed by atoms with Crippen molar-refractivity contribution >= 4 is 17.5 Å². The van der Waals surface area contributed by atoms with Gasteiger partial charge in [0, 0.05) is 24.9 Å². The van der Waals surface area contributed by atoms with Crippen LogP contribution in [0.1, 0.15) is 34.8 Å². The van der Waals surface area contributed by atoms with E-state index in [1.165, 1.54) is 12.7 Å². The maximum atomic E-state index is 13.0. The number of carbonyl (C=O) groups excluding carboxylic acids is 2. The van der Waals surface area contributed by atoms with E-state index in [-0.39, 0.29) is 24.5 Å². The van der Waals surface area contributed by atoms with Crippen LogP contribution in [-0.2, 0) is 9.53 Å². The van der Waals surface area contributed by atoms with Crippen LogP contribution in [0.25, 0.3) is 0 Å². The smallest absolute Gasteiger partial charge is 0.254 e. The van der Waals surface area contributed by atoms with E-state index in [0.29, 0.717) is 11.3 Å². The van der Waals surface area contributed by atoms with Gasteiger partial charge in [-0.15, -0.1) is 0 Å². The number of hydrogen-bond acceptors (Lipinski definition) is 4. The second kappa shape index (κ2) is 8.79. The van der Waals surface area contributed by atoms with Gasteiger partial charge in [-0.1, -0.05) is 30.3 Å². The summed E-state index contributed by atoms with van der Waals surface area (Å²) in [6.45, 7) is 0.904. The average molecular weight is 367 g/mol. The Morgan fingerprint density at radius 2 is 1.89 bits per heavy atom. The molecule has 2 amide bonds. The highest BCUT2D eigenvalue weighted by Gasteiger charge is 2.30. The summed E-state index contributed by atoms with van der Waals surface area (Å²) in [6.07, 6.45) is 1.97. The van der Waals surface area contributed by atoms with Crippen LogP contribution < -0.4 is 11.1 Å². The van der Waals surface area contributed by atoms with Crippen molar-refractivity contribution in [1.29, 1.82) is 0 Å². The van der Waals surface area contributed by atoms with E-state index in [0.717, 1.165) is 19.4 Å². The molecule has 0 saturated carbocycles. The normalized spacial score (nSPS) is 17.6. The van der Waals surface area contributed by atoms with Crippen LogP contribution in [0.15, 0.2) is 54.6 Å². The first-order valence-corrected chi connectivity index (χ1v) is 9.11. The van der Waals surface area contributed by atoms with Gasteiger partial charge >= 0.3 is 0 Å². The molecule has 0 bridgehead atoms. The first kappa shape index (κ1) is 19.1. The van der Waals surface area contributed by atoms with Crippen molar-refractivity contribution in [1.82, 2.24) is 4.90 Å². The standard InChI is InChI=1S/C21H25N3O3/c1-27-14-18(22)20(25)23-17-11-9-16(10-12-17)21(26)24-13-5-8-19(24)15-6-3-2-4-7-15/h2-4,6-7,9-12,18-19H,5,8,13-14,22H2,1H3,(H,23,25). The topological polar surface area (TPSA) is 84.7 Å². The zero-order chi connectivity index (χ0) is 19.2. The molecule has 6 nitrogen and oxygen atoms in total. The van der Waals surface area contributed by atoms with Crippen molar-refractivity contribution < 1.29 is 14.3 Å². The Balaban J connectivity index is 1.68. The minimum Gasteiger partial charge on any atom is -0.383 e. The summed E-state index contributed by atoms with van der Waals surface area (Å²) < 4.78 is 4.88. The Morgan fingerprint density at radius 1 is 1.19 bits per heavy atom. The Labute approximate surface area is 159 Å². The number of nitrogens with one attached hydrogen (secondary N) is 1. The van der Waals surface area contributed by atoms with Crippen LogP contribution in [0.2, 0.25) is 0 Å². The van der Waals surface area contributed by atoms with E-state index in [2.05, 4.69) is 17.4 Å². The monoisotopic (exact) mass is 367 g/mol. The van der Waals surface area contributed by atoms with E-state index in [1.807, 2.05) is 23.1 Å². The Kier molecular flexibility index (Phi) is 6.21. The van der Waals surface area contributed by atoms with Crippen molar-refractivity contribution in [2.45, 2.75) is 24.9 Å². The molecule has 142 valence electrons. The average Bonchev–Trinajstić information content (AvgIpc) is 3.18. The highest BCUT2D eigenvalue weighted by molar-refractivity contribution is 5.97. The van der Waals surface area contributed by atoms with Crippen LogP contribution in [0.5, 0.6) is 0 Å². The summed E-state index contributed by atoms with van der Waals surface area (Å²) in [6, 6.07) is 16.4. The summed E-state index contributed by atoms with van der Waals surface area (Å²) in [5.41, 5.74) is 8.08. The van der Waals surface area contributed by atoms with Crippen molar-refractivity contribution in [3.8, 4) is 0 Å². The molecule has 27 heavy (non-hydrogen) atoms. The lowest BCUT2D eigenvalue weighted by molar-refractivity contribution is -0.118. The summed E-state index contributed by atoms with van der Waals surface area (Å²) >= 11 is 0. The van der Waals surface area contributed by atoms with Crippen molar-refractivity contribution in [2.75, 3.05) is 25.6 Å². The molecular weight excluding hydrogens is 342 g/mol. The third kappa shape index (κ3) is 4.53. The van der Waals surface area contributed by atoms with E-state index in [9.17, 15) is 9.59 Å². The van der Waals surface area contributed by atoms with Gasteiger partial charge in [0.25, 0.3) is 5.91 Å². The van der Waals surface area contributed by atoms with Gasteiger partial charge in [-0.3, -0.25) is 9.59 Å². The fourth-order valence-electron chi connectivity index (χ4n) is 3.38. The number of rotatable bonds is 6. The molecule has 1 aliphatic rings. The Hall–Kier alpha value is -2.70. The van der Waals surface area contributed by atoms with E-state index < -0.39 is 6.04 Å². The second-order valence-corrected chi connectivity index (χ2v) is 6.70. The molecule has 0 spiro atoms. The number of anilines is 1. The van der Waals surface area contributed by atoms with Gasteiger partial charge in [0.15, 0.2) is 0 Å². The first-order valence-electron chi connectivity index (χ1n) is 9.11. The molecule has 0 aromatic heterocycles. The summed E-state index contributed by atoms with van der Waals surface area (Å²) in [7, 11) is 1.49. The predicted molar refractivity (Wildman–Crippen MR) is 104 cm³/mol. The fourth-order valence-corrected chi connectivity index (χ4v) is 3.38. The van der Waals surface area contributed by atoms with Gasteiger partial charge < -0.3 is 20.7 Å². The molecule has 2 atom stereocenters. The van der Waals surface area contributed by atoms with Crippen molar-refractivity contribution in [3.05, 3.63) is 65.7 Å². The number of likely N-dealkylation sites (tertiary alicyclic amines) is 1. The van der Waals surface area contributed by atoms with Crippen LogP contribution in [0.3, 0.4) is 0 Å². The Bertz CT molecular complexity index is 777. The quantitative estimate of drug-likeness (QED) is 0.822. The molecule has 2 aromatic rings. The minimum absolute atomic E-state index is 0.00955. The van der Waals surface area contributed by atoms with Crippen LogP contribution in [-0.4, -0.2) is 43.0 Å². The molecule has 1 aliphatic heterocycles. The third-order valence-corrected chi connectivity index (χ3v) is 4.78. The largest absolute Gasteiger partial charge is 0.383 e. The van der Waals surface area contributed by atoms with E-state index in [1.54, 1.807) is 24.3 Å². The highest BCUT2D eigenvalue weighted by Crippen LogP contribution is 2.33. The van der Waals surface area contributed by atoms with Crippen molar-refractivity contribution in [3.63, 3.8) is 0 Å². The van der Waals surface area contributed by atoms with Gasteiger partial charge in [0.1, 0.15) is 6.04 Å². The zero-order valence-corrected chi connectivity index (χ0v) is 15.4. The van der Waals surface area contributed by atoms with Gasteiger partial charge in [0.2, 0.25) is 5.91 Å². The maximum absolute atomic E-state index is 13.0. The number of benzene rings is 2. The SMILES string of the molecule is COCC(N)C(=O)Nc1ccc(C(=O)N2CCCC2c2ccccc2)cc1. The van der Waals surface area contributed by atoms with Gasteiger partial charge in [-0.2, -0.15) is 0 Å². The number of methoxy groups -OCH3 is 1. The molecule has 0 aliphatic carbocycles. The molecule has 6 heteroatoms. The molecule has 3 N–H and O–H groups in total. The van der Waals surface area contributed by atoms with Crippen molar-refractivity contribution in [2.24, 2.45) is 5.73 Å². The van der Waals surface area contributed by atoms with Crippen LogP contribution in [0.4, 0.5) is 5.69 Å². The summed E-state index contributed by atoms with van der Waals surface area (Å²) in [5.74, 6) is -0.310. The molecular formula is C21H25N3O3. The lowest BCUT2D eigenvalue weighted by Crippen LogP contribution is -2.39.